The average molecular weight is 216 g/mol. The van der Waals surface area contributed by atoms with Gasteiger partial charge in [-0.1, -0.05) is 6.92 Å². The van der Waals surface area contributed by atoms with Crippen LogP contribution < -0.4 is 0 Å². The van der Waals surface area contributed by atoms with E-state index in [1.54, 1.807) is 0 Å². The first kappa shape index (κ1) is 12.9. The van der Waals surface area contributed by atoms with Crippen molar-refractivity contribution >= 4 is 0 Å². The van der Waals surface area contributed by atoms with Crippen molar-refractivity contribution in [2.45, 2.75) is 51.7 Å². The van der Waals surface area contributed by atoms with Gasteiger partial charge in [-0.05, 0) is 33.1 Å². The lowest BCUT2D eigenvalue weighted by Crippen LogP contribution is -2.48. The SMILES string of the molecule is CCOC(C)(CC)C(O)C1CCCOC1. The summed E-state index contributed by atoms with van der Waals surface area (Å²) in [7, 11) is 0. The summed E-state index contributed by atoms with van der Waals surface area (Å²) in [4.78, 5) is 0. The lowest BCUT2D eigenvalue weighted by Gasteiger charge is -2.39. The fourth-order valence-electron chi connectivity index (χ4n) is 2.24. The van der Waals surface area contributed by atoms with Gasteiger partial charge in [0.25, 0.3) is 0 Å². The Labute approximate surface area is 92.8 Å². The number of aliphatic hydroxyl groups is 1. The lowest BCUT2D eigenvalue weighted by molar-refractivity contribution is -0.147. The molecule has 1 rings (SSSR count). The van der Waals surface area contributed by atoms with Gasteiger partial charge >= 0.3 is 0 Å². The molecule has 3 atom stereocenters. The third kappa shape index (κ3) is 3.16. The molecule has 0 aromatic heterocycles. The lowest BCUT2D eigenvalue weighted by atomic mass is 9.83. The Bertz CT molecular complexity index is 178. The molecular formula is C12H24O3. The molecule has 1 N–H and O–H groups in total. The normalized spacial score (nSPS) is 28.4. The van der Waals surface area contributed by atoms with Crippen molar-refractivity contribution in [3.8, 4) is 0 Å². The second-order valence-corrected chi connectivity index (χ2v) is 4.52. The van der Waals surface area contributed by atoms with Gasteiger partial charge in [0.2, 0.25) is 0 Å². The van der Waals surface area contributed by atoms with Gasteiger partial charge in [-0.3, -0.25) is 0 Å². The fourth-order valence-corrected chi connectivity index (χ4v) is 2.24. The van der Waals surface area contributed by atoms with Crippen LogP contribution in [0, 0.1) is 5.92 Å². The molecule has 0 spiro atoms. The van der Waals surface area contributed by atoms with E-state index in [0.29, 0.717) is 13.2 Å². The largest absolute Gasteiger partial charge is 0.390 e. The van der Waals surface area contributed by atoms with Crippen LogP contribution in [0.2, 0.25) is 0 Å². The van der Waals surface area contributed by atoms with Crippen molar-refractivity contribution in [3.05, 3.63) is 0 Å². The summed E-state index contributed by atoms with van der Waals surface area (Å²) in [6.45, 7) is 8.18. The first-order valence-corrected chi connectivity index (χ1v) is 6.03. The monoisotopic (exact) mass is 216 g/mol. The summed E-state index contributed by atoms with van der Waals surface area (Å²) >= 11 is 0. The third-order valence-corrected chi connectivity index (χ3v) is 3.44. The second-order valence-electron chi connectivity index (χ2n) is 4.52. The van der Waals surface area contributed by atoms with Gasteiger partial charge in [-0.15, -0.1) is 0 Å². The highest BCUT2D eigenvalue weighted by Crippen LogP contribution is 2.29. The van der Waals surface area contributed by atoms with Crippen molar-refractivity contribution in [3.63, 3.8) is 0 Å². The summed E-state index contributed by atoms with van der Waals surface area (Å²) in [6.07, 6.45) is 2.51. The van der Waals surface area contributed by atoms with E-state index >= 15 is 0 Å². The van der Waals surface area contributed by atoms with Crippen molar-refractivity contribution in [2.75, 3.05) is 19.8 Å². The van der Waals surface area contributed by atoms with Gasteiger partial charge in [0, 0.05) is 19.1 Å². The molecule has 1 saturated heterocycles. The van der Waals surface area contributed by atoms with Crippen LogP contribution in [0.1, 0.15) is 40.0 Å². The van der Waals surface area contributed by atoms with Crippen LogP contribution in [0.3, 0.4) is 0 Å². The molecule has 0 saturated carbocycles. The van der Waals surface area contributed by atoms with E-state index in [4.69, 9.17) is 9.47 Å². The van der Waals surface area contributed by atoms with Gasteiger partial charge in [0.15, 0.2) is 0 Å². The van der Waals surface area contributed by atoms with Crippen LogP contribution in [0.15, 0.2) is 0 Å². The van der Waals surface area contributed by atoms with Crippen LogP contribution in [0.5, 0.6) is 0 Å². The maximum absolute atomic E-state index is 10.3. The van der Waals surface area contributed by atoms with E-state index in [1.807, 2.05) is 13.8 Å². The van der Waals surface area contributed by atoms with Crippen LogP contribution in [0.4, 0.5) is 0 Å². The maximum atomic E-state index is 10.3. The minimum atomic E-state index is -0.417. The first-order valence-electron chi connectivity index (χ1n) is 6.03. The number of hydrogen-bond donors (Lipinski definition) is 1. The highest BCUT2D eigenvalue weighted by molar-refractivity contribution is 4.88. The van der Waals surface area contributed by atoms with E-state index in [9.17, 15) is 5.11 Å². The van der Waals surface area contributed by atoms with E-state index in [0.717, 1.165) is 25.9 Å². The minimum absolute atomic E-state index is 0.232. The quantitative estimate of drug-likeness (QED) is 0.763. The second kappa shape index (κ2) is 5.83. The molecule has 1 aliphatic heterocycles. The van der Waals surface area contributed by atoms with Crippen LogP contribution in [0.25, 0.3) is 0 Å². The van der Waals surface area contributed by atoms with E-state index in [1.165, 1.54) is 0 Å². The zero-order valence-corrected chi connectivity index (χ0v) is 10.2. The molecule has 1 heterocycles. The molecule has 0 bridgehead atoms. The number of rotatable bonds is 5. The molecule has 0 aliphatic carbocycles. The summed E-state index contributed by atoms with van der Waals surface area (Å²) in [5, 5.41) is 10.3. The van der Waals surface area contributed by atoms with Gasteiger partial charge in [0.1, 0.15) is 0 Å². The Morgan fingerprint density at radius 3 is 2.73 bits per heavy atom. The Morgan fingerprint density at radius 2 is 2.27 bits per heavy atom. The summed E-state index contributed by atoms with van der Waals surface area (Å²) < 4.78 is 11.1. The maximum Gasteiger partial charge on any atom is 0.0913 e. The molecule has 90 valence electrons. The number of aliphatic hydroxyl groups excluding tert-OH is 1. The molecule has 3 heteroatoms. The van der Waals surface area contributed by atoms with Crippen LogP contribution in [-0.2, 0) is 9.47 Å². The number of ether oxygens (including phenoxy) is 2. The zero-order chi connectivity index (χ0) is 11.3. The highest BCUT2D eigenvalue weighted by Gasteiger charge is 2.38. The van der Waals surface area contributed by atoms with Gasteiger partial charge in [0.05, 0.1) is 18.3 Å². The highest BCUT2D eigenvalue weighted by atomic mass is 16.5. The third-order valence-electron chi connectivity index (χ3n) is 3.44. The Hall–Kier alpha value is -0.120. The Balaban J connectivity index is 2.57. The average Bonchev–Trinajstić information content (AvgIpc) is 2.29. The van der Waals surface area contributed by atoms with Crippen molar-refractivity contribution in [1.29, 1.82) is 0 Å². The molecule has 1 aliphatic rings. The first-order chi connectivity index (χ1) is 7.14. The van der Waals surface area contributed by atoms with E-state index in [-0.39, 0.29) is 5.92 Å². The van der Waals surface area contributed by atoms with Gasteiger partial charge in [-0.25, -0.2) is 0 Å². The molecule has 3 unspecified atom stereocenters. The van der Waals surface area contributed by atoms with Gasteiger partial charge < -0.3 is 14.6 Å². The van der Waals surface area contributed by atoms with E-state index < -0.39 is 11.7 Å². The molecule has 0 aromatic carbocycles. The van der Waals surface area contributed by atoms with Crippen LogP contribution in [-0.4, -0.2) is 36.6 Å². The standard InChI is InChI=1S/C12H24O3/c1-4-12(3,15-5-2)11(13)10-7-6-8-14-9-10/h10-11,13H,4-9H2,1-3H3. The van der Waals surface area contributed by atoms with Crippen LogP contribution >= 0.6 is 0 Å². The van der Waals surface area contributed by atoms with Crippen molar-refractivity contribution in [2.24, 2.45) is 5.92 Å². The van der Waals surface area contributed by atoms with Crippen molar-refractivity contribution in [1.82, 2.24) is 0 Å². The molecule has 0 radical (unpaired) electrons. The van der Waals surface area contributed by atoms with E-state index in [2.05, 4.69) is 6.92 Å². The minimum Gasteiger partial charge on any atom is -0.390 e. The molecule has 0 aromatic rings. The Kier molecular flexibility index (Phi) is 5.03. The number of hydrogen-bond acceptors (Lipinski definition) is 3. The molecular weight excluding hydrogens is 192 g/mol. The smallest absolute Gasteiger partial charge is 0.0913 e. The predicted octanol–water partition coefficient (Wildman–Crippen LogP) is 1.98. The Morgan fingerprint density at radius 1 is 1.53 bits per heavy atom. The summed E-state index contributed by atoms with van der Waals surface area (Å²) in [5.41, 5.74) is -0.417. The van der Waals surface area contributed by atoms with Gasteiger partial charge in [-0.2, -0.15) is 0 Å². The fraction of sp³-hybridized carbons (Fsp3) is 1.00. The molecule has 1 fully saturated rings. The molecule has 0 amide bonds. The molecule has 3 nitrogen and oxygen atoms in total. The zero-order valence-electron chi connectivity index (χ0n) is 10.2. The summed E-state index contributed by atoms with van der Waals surface area (Å²) in [6, 6.07) is 0. The summed E-state index contributed by atoms with van der Waals surface area (Å²) in [5.74, 6) is 0.232. The topological polar surface area (TPSA) is 38.7 Å². The molecule has 15 heavy (non-hydrogen) atoms. The van der Waals surface area contributed by atoms with Crippen molar-refractivity contribution < 1.29 is 14.6 Å². The predicted molar refractivity (Wildman–Crippen MR) is 59.9 cm³/mol.